The normalized spacial score (nSPS) is 30.0. The molecule has 6 heteroatoms. The number of fused-ring (bicyclic) bond motifs is 8. The van der Waals surface area contributed by atoms with E-state index in [2.05, 4.69) is 60.1 Å². The van der Waals surface area contributed by atoms with Crippen molar-refractivity contribution < 1.29 is 19.7 Å². The molecule has 0 amide bonds. The van der Waals surface area contributed by atoms with Crippen LogP contribution in [0, 0.1) is 11.3 Å². The van der Waals surface area contributed by atoms with Crippen molar-refractivity contribution in [2.45, 2.75) is 109 Å². The third-order valence-corrected chi connectivity index (χ3v) is 12.2. The monoisotopic (exact) mass is 628 g/mol. The molecular formula is C40H56N2O4. The maximum Gasteiger partial charge on any atom is 0.166 e. The van der Waals surface area contributed by atoms with Crippen LogP contribution >= 0.6 is 0 Å². The summed E-state index contributed by atoms with van der Waals surface area (Å²) in [5.74, 6) is 1.38. The number of aliphatic hydroxyl groups excluding tert-OH is 1. The average Bonchev–Trinajstić information content (AvgIpc) is 3.32. The van der Waals surface area contributed by atoms with Crippen LogP contribution in [-0.2, 0) is 6.42 Å². The summed E-state index contributed by atoms with van der Waals surface area (Å²) in [7, 11) is 1.73. The van der Waals surface area contributed by atoms with Crippen LogP contribution in [0.15, 0.2) is 54.1 Å². The summed E-state index contributed by atoms with van der Waals surface area (Å²) < 4.78 is 5.64. The molecule has 0 unspecified atom stereocenters. The summed E-state index contributed by atoms with van der Waals surface area (Å²) in [6.07, 6.45) is 12.9. The number of carbonyl (C=O) groups excluding carboxylic acids is 1. The number of para-hydroxylation sites is 2. The van der Waals surface area contributed by atoms with E-state index in [0.29, 0.717) is 18.7 Å². The van der Waals surface area contributed by atoms with E-state index in [4.69, 9.17) is 4.74 Å². The quantitative estimate of drug-likeness (QED) is 0.258. The molecular weight excluding hydrogens is 572 g/mol. The fourth-order valence-electron chi connectivity index (χ4n) is 9.21. The minimum absolute atomic E-state index is 0.0863. The van der Waals surface area contributed by atoms with Gasteiger partial charge in [-0.2, -0.15) is 0 Å². The van der Waals surface area contributed by atoms with Crippen molar-refractivity contribution in [3.05, 3.63) is 70.8 Å². The van der Waals surface area contributed by atoms with Gasteiger partial charge in [0.15, 0.2) is 5.78 Å². The molecule has 7 rings (SSSR count). The molecule has 0 radical (unpaired) electrons. The zero-order chi connectivity index (χ0) is 32.3. The Hall–Kier alpha value is -2.67. The molecule has 3 fully saturated rings. The molecule has 46 heavy (non-hydrogen) atoms. The van der Waals surface area contributed by atoms with E-state index in [9.17, 15) is 15.0 Å². The van der Waals surface area contributed by atoms with Gasteiger partial charge in [-0.1, -0.05) is 62.1 Å². The highest BCUT2D eigenvalue weighted by atomic mass is 16.5. The minimum Gasteiger partial charge on any atom is -0.495 e. The zero-order valence-corrected chi connectivity index (χ0v) is 28.5. The largest absolute Gasteiger partial charge is 0.495 e. The Balaban J connectivity index is 1.29. The second-order valence-corrected chi connectivity index (χ2v) is 15.1. The maximum absolute atomic E-state index is 14.3. The van der Waals surface area contributed by atoms with Gasteiger partial charge in [-0.05, 0) is 100.0 Å². The average molecular weight is 629 g/mol. The number of anilines is 1. The molecule has 2 aromatic rings. The first-order chi connectivity index (χ1) is 22.2. The first-order valence-electron chi connectivity index (χ1n) is 18.0. The molecule has 1 heterocycles. The predicted octanol–water partition coefficient (Wildman–Crippen LogP) is 7.32. The SMILES string of the molecule is COc1ccccc1N1CCN(C[C@]2(O)CC[C@H]3c4ccc(cc4C(=O)C4CCCCC4)C[C@@H](O)CCC(C)=CCC[C@@]32C)CC1. The molecule has 250 valence electrons. The number of carbonyl (C=O) groups is 1. The number of rotatable bonds is 6. The summed E-state index contributed by atoms with van der Waals surface area (Å²) in [6.45, 7) is 8.72. The number of hydrogen-bond acceptors (Lipinski definition) is 6. The molecule has 4 aliphatic carbocycles. The van der Waals surface area contributed by atoms with Gasteiger partial charge in [0, 0.05) is 49.6 Å². The molecule has 2 aromatic carbocycles. The van der Waals surface area contributed by atoms with Gasteiger partial charge in [-0.15, -0.1) is 0 Å². The summed E-state index contributed by atoms with van der Waals surface area (Å²) in [5.41, 5.74) is 4.26. The second kappa shape index (κ2) is 14.2. The molecule has 6 nitrogen and oxygen atoms in total. The van der Waals surface area contributed by atoms with Crippen LogP contribution in [0.5, 0.6) is 5.75 Å². The van der Waals surface area contributed by atoms with Gasteiger partial charge in [0.05, 0.1) is 24.5 Å². The Morgan fingerprint density at radius 3 is 2.50 bits per heavy atom. The fourth-order valence-corrected chi connectivity index (χ4v) is 9.21. The lowest BCUT2D eigenvalue weighted by molar-refractivity contribution is -0.0841. The zero-order valence-electron chi connectivity index (χ0n) is 28.5. The molecule has 2 bridgehead atoms. The van der Waals surface area contributed by atoms with Gasteiger partial charge < -0.3 is 19.8 Å². The number of Topliss-reactive ketones (excluding diaryl/α,β-unsaturated/α-hetero) is 1. The molecule has 1 saturated heterocycles. The van der Waals surface area contributed by atoms with Crippen LogP contribution < -0.4 is 9.64 Å². The van der Waals surface area contributed by atoms with Gasteiger partial charge >= 0.3 is 0 Å². The van der Waals surface area contributed by atoms with E-state index in [0.717, 1.165) is 119 Å². The number of ether oxygens (including phenoxy) is 1. The van der Waals surface area contributed by atoms with Crippen LogP contribution in [0.4, 0.5) is 5.69 Å². The van der Waals surface area contributed by atoms with E-state index < -0.39 is 11.7 Å². The third-order valence-electron chi connectivity index (χ3n) is 12.2. The van der Waals surface area contributed by atoms with Gasteiger partial charge in [-0.25, -0.2) is 0 Å². The first kappa shape index (κ1) is 33.2. The Kier molecular flexibility index (Phi) is 10.3. The smallest absolute Gasteiger partial charge is 0.166 e. The van der Waals surface area contributed by atoms with Crippen molar-refractivity contribution in [1.29, 1.82) is 0 Å². The summed E-state index contributed by atoms with van der Waals surface area (Å²) in [6, 6.07) is 14.7. The van der Waals surface area contributed by atoms with Crippen molar-refractivity contribution >= 4 is 11.5 Å². The third kappa shape index (κ3) is 6.81. The topological polar surface area (TPSA) is 73.2 Å². The first-order valence-corrected chi connectivity index (χ1v) is 18.0. The molecule has 0 spiro atoms. The number of β-amino-alcohol motifs (C(OH)–C–C–N with tert-alkyl or cyclic N) is 1. The van der Waals surface area contributed by atoms with Gasteiger partial charge in [0.1, 0.15) is 5.75 Å². The highest BCUT2D eigenvalue weighted by Gasteiger charge is 2.57. The van der Waals surface area contributed by atoms with Crippen LogP contribution in [0.3, 0.4) is 0 Å². The number of methoxy groups -OCH3 is 1. The highest BCUT2D eigenvalue weighted by molar-refractivity contribution is 5.99. The number of ketones is 1. The van der Waals surface area contributed by atoms with Crippen LogP contribution in [-0.4, -0.2) is 72.4 Å². The molecule has 4 atom stereocenters. The Morgan fingerprint density at radius 1 is 0.978 bits per heavy atom. The number of nitrogens with zero attached hydrogens (tertiary/aromatic N) is 2. The lowest BCUT2D eigenvalue weighted by Gasteiger charge is -2.47. The molecule has 1 aliphatic heterocycles. The number of aliphatic hydroxyl groups is 2. The Morgan fingerprint density at radius 2 is 1.74 bits per heavy atom. The van der Waals surface area contributed by atoms with Crippen molar-refractivity contribution in [3.8, 4) is 5.75 Å². The standard InChI is InChI=1S/C40H56N2O4/c1-29-10-9-20-39(2)35(19-21-40(39,45)28-41-22-24-42(25-23-41)36-13-7-8-14-37(36)46-3)33-18-16-30(26-32(43)17-15-29)27-34(33)38(44)31-11-5-4-6-12-31/h7-8,10,13-14,16,18,27,31-32,35,43,45H,4-6,9,11-12,15,17,19-26,28H2,1-3H3/t32-,35-,39-,40+/m0/s1. The minimum atomic E-state index is -0.858. The van der Waals surface area contributed by atoms with Crippen LogP contribution in [0.1, 0.15) is 112 Å². The number of allylic oxidation sites excluding steroid dienone is 2. The number of piperazine rings is 1. The molecule has 5 aliphatic rings. The van der Waals surface area contributed by atoms with E-state index in [1.807, 2.05) is 12.1 Å². The molecule has 0 aromatic heterocycles. The lowest BCUT2D eigenvalue weighted by atomic mass is 9.64. The van der Waals surface area contributed by atoms with Crippen molar-refractivity contribution in [1.82, 2.24) is 4.90 Å². The van der Waals surface area contributed by atoms with Crippen LogP contribution in [0.25, 0.3) is 0 Å². The van der Waals surface area contributed by atoms with Gasteiger partial charge in [0.25, 0.3) is 0 Å². The Labute approximate surface area is 276 Å². The predicted molar refractivity (Wildman–Crippen MR) is 186 cm³/mol. The second-order valence-electron chi connectivity index (χ2n) is 15.1. The van der Waals surface area contributed by atoms with Crippen molar-refractivity contribution in [2.75, 3.05) is 44.7 Å². The summed E-state index contributed by atoms with van der Waals surface area (Å²) >= 11 is 0. The van der Waals surface area contributed by atoms with E-state index in [1.165, 1.54) is 12.0 Å². The Bertz CT molecular complexity index is 1390. The lowest BCUT2D eigenvalue weighted by Crippen LogP contribution is -2.56. The van der Waals surface area contributed by atoms with E-state index in [1.54, 1.807) is 7.11 Å². The van der Waals surface area contributed by atoms with E-state index in [-0.39, 0.29) is 17.3 Å². The maximum atomic E-state index is 14.3. The van der Waals surface area contributed by atoms with Crippen LogP contribution in [0.2, 0.25) is 0 Å². The van der Waals surface area contributed by atoms with Gasteiger partial charge in [-0.3, -0.25) is 9.69 Å². The summed E-state index contributed by atoms with van der Waals surface area (Å²) in [4.78, 5) is 19.1. The van der Waals surface area contributed by atoms with Gasteiger partial charge in [0.2, 0.25) is 0 Å². The highest BCUT2D eigenvalue weighted by Crippen LogP contribution is 2.59. The molecule has 2 N–H and O–H groups in total. The number of benzene rings is 2. The molecule has 2 saturated carbocycles. The van der Waals surface area contributed by atoms with Crippen molar-refractivity contribution in [2.24, 2.45) is 11.3 Å². The van der Waals surface area contributed by atoms with Crippen molar-refractivity contribution in [3.63, 3.8) is 0 Å². The number of hydrogen-bond donors (Lipinski definition) is 2. The van der Waals surface area contributed by atoms with E-state index >= 15 is 0 Å². The summed E-state index contributed by atoms with van der Waals surface area (Å²) in [5, 5.41) is 23.7. The fraction of sp³-hybridized carbons (Fsp3) is 0.625.